The zero-order chi connectivity index (χ0) is 14.5. The Bertz CT molecular complexity index is 482. The van der Waals surface area contributed by atoms with Gasteiger partial charge in [-0.25, -0.2) is 0 Å². The van der Waals surface area contributed by atoms with Gasteiger partial charge in [-0.05, 0) is 44.1 Å². The van der Waals surface area contributed by atoms with E-state index in [1.807, 2.05) is 11.9 Å². The Hall–Kier alpha value is -1.46. The van der Waals surface area contributed by atoms with E-state index in [1.165, 1.54) is 0 Å². The van der Waals surface area contributed by atoms with Gasteiger partial charge in [-0.3, -0.25) is 4.79 Å². The Morgan fingerprint density at radius 2 is 2.14 bits per heavy atom. The summed E-state index contributed by atoms with van der Waals surface area (Å²) in [5, 5.41) is 3.17. The first-order chi connectivity index (χ1) is 9.69. The first kappa shape index (κ1) is 17.6. The fourth-order valence-corrected chi connectivity index (χ4v) is 2.62. The highest BCUT2D eigenvalue weighted by atomic mass is 35.5. The first-order valence-electron chi connectivity index (χ1n) is 6.85. The molecule has 1 atom stereocenters. The van der Waals surface area contributed by atoms with E-state index in [-0.39, 0.29) is 18.3 Å². The maximum Gasteiger partial charge on any atom is 0.257 e. The van der Waals surface area contributed by atoms with Crippen LogP contribution in [0.5, 0.6) is 11.5 Å². The molecule has 1 aliphatic rings. The predicted octanol–water partition coefficient (Wildman–Crippen LogP) is 1.81. The van der Waals surface area contributed by atoms with Gasteiger partial charge in [0.25, 0.3) is 5.91 Å². The van der Waals surface area contributed by atoms with E-state index in [9.17, 15) is 4.79 Å². The minimum Gasteiger partial charge on any atom is -0.497 e. The Labute approximate surface area is 132 Å². The number of carbonyl (C=O) groups excluding carboxylic acids is 1. The molecule has 1 amide bonds. The molecule has 0 aromatic heterocycles. The minimum absolute atomic E-state index is 0. The van der Waals surface area contributed by atoms with Crippen molar-refractivity contribution < 1.29 is 14.3 Å². The summed E-state index contributed by atoms with van der Waals surface area (Å²) in [6, 6.07) is 5.31. The van der Waals surface area contributed by atoms with Crippen LogP contribution in [-0.2, 0) is 0 Å². The van der Waals surface area contributed by atoms with E-state index in [1.54, 1.807) is 32.4 Å². The van der Waals surface area contributed by atoms with Crippen LogP contribution in [0.3, 0.4) is 0 Å². The Morgan fingerprint density at radius 3 is 2.76 bits per heavy atom. The van der Waals surface area contributed by atoms with E-state index in [2.05, 4.69) is 5.32 Å². The Morgan fingerprint density at radius 1 is 1.38 bits per heavy atom. The molecule has 0 saturated carbocycles. The van der Waals surface area contributed by atoms with Crippen molar-refractivity contribution >= 4 is 18.3 Å². The molecular weight excluding hydrogens is 292 g/mol. The van der Waals surface area contributed by atoms with Crippen molar-refractivity contribution in [3.63, 3.8) is 0 Å². The molecule has 1 heterocycles. The molecule has 1 aliphatic heterocycles. The average Bonchev–Trinajstić information content (AvgIpc) is 2.94. The zero-order valence-corrected chi connectivity index (χ0v) is 13.5. The maximum atomic E-state index is 12.6. The van der Waals surface area contributed by atoms with E-state index in [0.29, 0.717) is 23.0 Å². The molecule has 1 fully saturated rings. The van der Waals surface area contributed by atoms with Crippen LogP contribution in [-0.4, -0.2) is 51.7 Å². The largest absolute Gasteiger partial charge is 0.497 e. The molecule has 21 heavy (non-hydrogen) atoms. The third-order valence-electron chi connectivity index (χ3n) is 3.70. The van der Waals surface area contributed by atoms with Gasteiger partial charge in [0.15, 0.2) is 0 Å². The summed E-state index contributed by atoms with van der Waals surface area (Å²) in [6.45, 7) is 2.53. The highest BCUT2D eigenvalue weighted by Gasteiger charge is 2.28. The molecule has 1 aromatic rings. The molecular formula is C15H23ClN2O3. The van der Waals surface area contributed by atoms with Crippen LogP contribution in [0, 0.1) is 5.92 Å². The molecule has 0 spiro atoms. The quantitative estimate of drug-likeness (QED) is 0.900. The van der Waals surface area contributed by atoms with Crippen molar-refractivity contribution in [2.45, 2.75) is 6.42 Å². The van der Waals surface area contributed by atoms with Crippen LogP contribution in [0.25, 0.3) is 0 Å². The second-order valence-electron chi connectivity index (χ2n) is 5.03. The lowest BCUT2D eigenvalue weighted by Crippen LogP contribution is -2.30. The smallest absolute Gasteiger partial charge is 0.257 e. The molecule has 118 valence electrons. The third-order valence-corrected chi connectivity index (χ3v) is 3.70. The van der Waals surface area contributed by atoms with Gasteiger partial charge in [-0.15, -0.1) is 12.4 Å². The van der Waals surface area contributed by atoms with Gasteiger partial charge in [-0.2, -0.15) is 0 Å². The molecule has 2 rings (SSSR count). The fourth-order valence-electron chi connectivity index (χ4n) is 2.62. The average molecular weight is 315 g/mol. The number of hydrogen-bond donors (Lipinski definition) is 1. The summed E-state index contributed by atoms with van der Waals surface area (Å²) in [4.78, 5) is 14.5. The van der Waals surface area contributed by atoms with Crippen LogP contribution >= 0.6 is 12.4 Å². The number of halogens is 1. The summed E-state index contributed by atoms with van der Waals surface area (Å²) < 4.78 is 10.5. The molecule has 1 N–H and O–H groups in total. The molecule has 0 bridgehead atoms. The maximum absolute atomic E-state index is 12.6. The Kier molecular flexibility index (Phi) is 6.78. The number of hydrogen-bond acceptors (Lipinski definition) is 4. The highest BCUT2D eigenvalue weighted by molar-refractivity contribution is 5.97. The normalized spacial score (nSPS) is 17.3. The molecule has 0 aliphatic carbocycles. The lowest BCUT2D eigenvalue weighted by atomic mass is 10.1. The summed E-state index contributed by atoms with van der Waals surface area (Å²) in [5.74, 6) is 1.80. The van der Waals surface area contributed by atoms with Gasteiger partial charge in [0.05, 0.1) is 19.8 Å². The van der Waals surface area contributed by atoms with E-state index < -0.39 is 0 Å². The SMILES string of the molecule is CNCC1CCN(C(=O)c2cc(OC)ccc2OC)C1.Cl. The van der Waals surface area contributed by atoms with Gasteiger partial charge >= 0.3 is 0 Å². The number of methoxy groups -OCH3 is 2. The van der Waals surface area contributed by atoms with Crippen LogP contribution in [0.4, 0.5) is 0 Å². The number of nitrogens with one attached hydrogen (secondary N) is 1. The van der Waals surface area contributed by atoms with Crippen LogP contribution in [0.2, 0.25) is 0 Å². The van der Waals surface area contributed by atoms with E-state index in [0.717, 1.165) is 26.1 Å². The molecule has 5 nitrogen and oxygen atoms in total. The molecule has 1 unspecified atom stereocenters. The van der Waals surface area contributed by atoms with Crippen LogP contribution in [0.1, 0.15) is 16.8 Å². The van der Waals surface area contributed by atoms with E-state index >= 15 is 0 Å². The minimum atomic E-state index is 0. The second-order valence-corrected chi connectivity index (χ2v) is 5.03. The fraction of sp³-hybridized carbons (Fsp3) is 0.533. The van der Waals surface area contributed by atoms with Crippen LogP contribution < -0.4 is 14.8 Å². The number of amides is 1. The van der Waals surface area contributed by atoms with Crippen molar-refractivity contribution in [3.05, 3.63) is 23.8 Å². The van der Waals surface area contributed by atoms with Crippen LogP contribution in [0.15, 0.2) is 18.2 Å². The molecule has 1 saturated heterocycles. The summed E-state index contributed by atoms with van der Waals surface area (Å²) >= 11 is 0. The lowest BCUT2D eigenvalue weighted by molar-refractivity contribution is 0.0783. The summed E-state index contributed by atoms with van der Waals surface area (Å²) in [6.07, 6.45) is 1.04. The zero-order valence-electron chi connectivity index (χ0n) is 12.7. The Balaban J connectivity index is 0.00000220. The van der Waals surface area contributed by atoms with Crippen molar-refractivity contribution in [2.75, 3.05) is 40.9 Å². The number of likely N-dealkylation sites (tertiary alicyclic amines) is 1. The first-order valence-corrected chi connectivity index (χ1v) is 6.85. The van der Waals surface area contributed by atoms with Crippen molar-refractivity contribution in [3.8, 4) is 11.5 Å². The monoisotopic (exact) mass is 314 g/mol. The van der Waals surface area contributed by atoms with E-state index in [4.69, 9.17) is 9.47 Å². The number of carbonyl (C=O) groups is 1. The molecule has 0 radical (unpaired) electrons. The number of benzene rings is 1. The van der Waals surface area contributed by atoms with Gasteiger partial charge in [0, 0.05) is 13.1 Å². The standard InChI is InChI=1S/C15H22N2O3.ClH/c1-16-9-11-6-7-17(10-11)15(18)13-8-12(19-2)4-5-14(13)20-3;/h4-5,8,11,16H,6-7,9-10H2,1-3H3;1H. The number of rotatable bonds is 5. The highest BCUT2D eigenvalue weighted by Crippen LogP contribution is 2.27. The van der Waals surface area contributed by atoms with Gasteiger partial charge in [-0.1, -0.05) is 0 Å². The van der Waals surface area contributed by atoms with Gasteiger partial charge in [0.1, 0.15) is 11.5 Å². The van der Waals surface area contributed by atoms with Gasteiger partial charge < -0.3 is 19.7 Å². The summed E-state index contributed by atoms with van der Waals surface area (Å²) in [5.41, 5.74) is 0.567. The topological polar surface area (TPSA) is 50.8 Å². The van der Waals surface area contributed by atoms with Crippen molar-refractivity contribution in [1.82, 2.24) is 10.2 Å². The second kappa shape index (κ2) is 8.10. The number of nitrogens with zero attached hydrogens (tertiary/aromatic N) is 1. The predicted molar refractivity (Wildman–Crippen MR) is 84.7 cm³/mol. The number of ether oxygens (including phenoxy) is 2. The third kappa shape index (κ3) is 4.02. The molecule has 1 aromatic carbocycles. The lowest BCUT2D eigenvalue weighted by Gasteiger charge is -2.18. The van der Waals surface area contributed by atoms with Crippen molar-refractivity contribution in [1.29, 1.82) is 0 Å². The van der Waals surface area contributed by atoms with Gasteiger partial charge in [0.2, 0.25) is 0 Å². The molecule has 6 heteroatoms. The summed E-state index contributed by atoms with van der Waals surface area (Å²) in [7, 11) is 5.11. The van der Waals surface area contributed by atoms with Crippen molar-refractivity contribution in [2.24, 2.45) is 5.92 Å².